The van der Waals surface area contributed by atoms with Crippen molar-refractivity contribution in [3.05, 3.63) is 53.6 Å². The third kappa shape index (κ3) is 4.01. The third-order valence-electron chi connectivity index (χ3n) is 5.04. The van der Waals surface area contributed by atoms with Crippen LogP contribution in [-0.2, 0) is 16.4 Å². The first kappa shape index (κ1) is 22.2. The topological polar surface area (TPSA) is 83.7 Å². The molecule has 1 heterocycles. The summed E-state index contributed by atoms with van der Waals surface area (Å²) in [5, 5.41) is 0. The maximum absolute atomic E-state index is 13.0. The fraction of sp³-hybridized carbons (Fsp3) is 0.350. The number of fused-ring (bicyclic) bond motifs is 1. The molecule has 0 aromatic heterocycles. The molecule has 0 bridgehead atoms. The molecule has 0 unspecified atom stereocenters. The van der Waals surface area contributed by atoms with Crippen molar-refractivity contribution in [2.45, 2.75) is 37.6 Å². The smallest absolute Gasteiger partial charge is 0.258 e. The minimum Gasteiger partial charge on any atom is -0.398 e. The summed E-state index contributed by atoms with van der Waals surface area (Å²) in [6.45, 7) is 4.25. The fourth-order valence-electron chi connectivity index (χ4n) is 3.23. The first-order valence-corrected chi connectivity index (χ1v) is 10.4. The van der Waals surface area contributed by atoms with Crippen LogP contribution in [0.1, 0.15) is 36.2 Å². The Bertz CT molecular complexity index is 959. The van der Waals surface area contributed by atoms with Crippen molar-refractivity contribution in [3.8, 4) is 0 Å². The number of hydrogen-bond donors (Lipinski definition) is 1. The van der Waals surface area contributed by atoms with Crippen molar-refractivity contribution in [1.82, 2.24) is 4.31 Å². The van der Waals surface area contributed by atoms with Crippen LogP contribution in [0.15, 0.2) is 47.4 Å². The van der Waals surface area contributed by atoms with Gasteiger partial charge in [-0.1, -0.05) is 6.07 Å². The SMILES string of the molecule is CC(C)N(C)S(=O)(=O)c1ccc(C(=O)N2CCCc3c(N)cccc32)cc1.Cl. The Hall–Kier alpha value is -2.09. The van der Waals surface area contributed by atoms with Crippen LogP contribution in [0.25, 0.3) is 0 Å². The predicted molar refractivity (Wildman–Crippen MR) is 115 cm³/mol. The van der Waals surface area contributed by atoms with Crippen molar-refractivity contribution in [1.29, 1.82) is 0 Å². The minimum absolute atomic E-state index is 0. The lowest BCUT2D eigenvalue weighted by molar-refractivity contribution is 0.0985. The minimum atomic E-state index is -3.57. The lowest BCUT2D eigenvalue weighted by Crippen LogP contribution is -2.36. The molecule has 0 aliphatic carbocycles. The summed E-state index contributed by atoms with van der Waals surface area (Å²) in [6, 6.07) is 11.6. The molecule has 3 rings (SSSR count). The van der Waals surface area contributed by atoms with Gasteiger partial charge in [0, 0.05) is 36.6 Å². The zero-order valence-electron chi connectivity index (χ0n) is 16.3. The van der Waals surface area contributed by atoms with E-state index in [4.69, 9.17) is 5.73 Å². The van der Waals surface area contributed by atoms with Crippen LogP contribution >= 0.6 is 12.4 Å². The van der Waals surface area contributed by atoms with E-state index in [2.05, 4.69) is 0 Å². The molecule has 1 aliphatic heterocycles. The standard InChI is InChI=1S/C20H25N3O3S.ClH/c1-14(2)22(3)27(25,26)16-11-9-15(10-12-16)20(24)23-13-5-6-17-18(21)7-4-8-19(17)23;/h4,7-12,14H,5-6,13,21H2,1-3H3;1H. The maximum atomic E-state index is 13.0. The molecule has 152 valence electrons. The van der Waals surface area contributed by atoms with Crippen molar-refractivity contribution in [2.24, 2.45) is 0 Å². The Balaban J connectivity index is 0.00000280. The number of nitrogens with zero attached hydrogens (tertiary/aromatic N) is 2. The van der Waals surface area contributed by atoms with Crippen molar-refractivity contribution in [3.63, 3.8) is 0 Å². The van der Waals surface area contributed by atoms with Gasteiger partial charge in [0.25, 0.3) is 5.91 Å². The average molecular weight is 424 g/mol. The molecule has 0 spiro atoms. The summed E-state index contributed by atoms with van der Waals surface area (Å²) < 4.78 is 26.5. The van der Waals surface area contributed by atoms with Crippen molar-refractivity contribution < 1.29 is 13.2 Å². The zero-order valence-corrected chi connectivity index (χ0v) is 17.9. The summed E-state index contributed by atoms with van der Waals surface area (Å²) in [5.74, 6) is -0.150. The number of nitrogens with two attached hydrogens (primary N) is 1. The number of rotatable bonds is 4. The van der Waals surface area contributed by atoms with E-state index in [1.54, 1.807) is 24.1 Å². The number of carbonyl (C=O) groups excluding carboxylic acids is 1. The van der Waals surface area contributed by atoms with Gasteiger partial charge in [-0.3, -0.25) is 4.79 Å². The van der Waals surface area contributed by atoms with Gasteiger partial charge in [0.05, 0.1) is 4.90 Å². The summed E-state index contributed by atoms with van der Waals surface area (Å²) in [4.78, 5) is 14.9. The van der Waals surface area contributed by atoms with E-state index in [0.29, 0.717) is 17.8 Å². The molecule has 28 heavy (non-hydrogen) atoms. The van der Waals surface area contributed by atoms with Gasteiger partial charge in [0.2, 0.25) is 10.0 Å². The van der Waals surface area contributed by atoms with Crippen LogP contribution in [0.2, 0.25) is 0 Å². The molecule has 2 N–H and O–H groups in total. The fourth-order valence-corrected chi connectivity index (χ4v) is 4.60. The van der Waals surface area contributed by atoms with Crippen molar-refractivity contribution >= 4 is 39.7 Å². The number of anilines is 2. The number of sulfonamides is 1. The summed E-state index contributed by atoms with van der Waals surface area (Å²) in [7, 11) is -2.02. The highest BCUT2D eigenvalue weighted by molar-refractivity contribution is 7.89. The van der Waals surface area contributed by atoms with E-state index in [0.717, 1.165) is 24.1 Å². The lowest BCUT2D eigenvalue weighted by Gasteiger charge is -2.30. The van der Waals surface area contributed by atoms with E-state index in [9.17, 15) is 13.2 Å². The van der Waals surface area contributed by atoms with Gasteiger partial charge in [0.15, 0.2) is 0 Å². The van der Waals surface area contributed by atoms with Gasteiger partial charge in [0.1, 0.15) is 0 Å². The van der Waals surface area contributed by atoms with Gasteiger partial charge < -0.3 is 10.6 Å². The molecule has 0 fully saturated rings. The number of hydrogen-bond acceptors (Lipinski definition) is 4. The van der Waals surface area contributed by atoms with Crippen LogP contribution in [0, 0.1) is 0 Å². The van der Waals surface area contributed by atoms with E-state index in [1.165, 1.54) is 16.4 Å². The highest BCUT2D eigenvalue weighted by Gasteiger charge is 2.26. The number of halogens is 1. The van der Waals surface area contributed by atoms with Gasteiger partial charge in [-0.2, -0.15) is 4.31 Å². The maximum Gasteiger partial charge on any atom is 0.258 e. The van der Waals surface area contributed by atoms with Crippen LogP contribution in [0.4, 0.5) is 11.4 Å². The molecular weight excluding hydrogens is 398 g/mol. The van der Waals surface area contributed by atoms with Crippen LogP contribution < -0.4 is 10.6 Å². The highest BCUT2D eigenvalue weighted by Crippen LogP contribution is 2.32. The number of carbonyl (C=O) groups is 1. The van der Waals surface area contributed by atoms with Gasteiger partial charge in [-0.25, -0.2) is 8.42 Å². The highest BCUT2D eigenvalue weighted by atomic mass is 35.5. The molecule has 0 atom stereocenters. The Labute approximate surface area is 172 Å². The molecule has 1 amide bonds. The third-order valence-corrected chi connectivity index (χ3v) is 7.09. The molecule has 8 heteroatoms. The quantitative estimate of drug-likeness (QED) is 0.764. The first-order valence-electron chi connectivity index (χ1n) is 9.01. The Morgan fingerprint density at radius 1 is 1.14 bits per heavy atom. The molecule has 0 saturated carbocycles. The molecule has 0 saturated heterocycles. The zero-order chi connectivity index (χ0) is 19.8. The average Bonchev–Trinajstić information content (AvgIpc) is 2.66. The summed E-state index contributed by atoms with van der Waals surface area (Å²) in [6.07, 6.45) is 1.70. The normalized spacial score (nSPS) is 14.0. The Morgan fingerprint density at radius 3 is 2.39 bits per heavy atom. The molecule has 1 aliphatic rings. The summed E-state index contributed by atoms with van der Waals surface area (Å²) >= 11 is 0. The van der Waals surface area contributed by atoms with Crippen LogP contribution in [0.5, 0.6) is 0 Å². The molecule has 2 aromatic rings. The van der Waals surface area contributed by atoms with Gasteiger partial charge >= 0.3 is 0 Å². The Morgan fingerprint density at radius 2 is 1.79 bits per heavy atom. The van der Waals surface area contributed by atoms with Crippen LogP contribution in [-0.4, -0.2) is 38.3 Å². The Kier molecular flexibility index (Phi) is 6.75. The van der Waals surface area contributed by atoms with Crippen LogP contribution in [0.3, 0.4) is 0 Å². The number of nitrogen functional groups attached to an aromatic ring is 1. The van der Waals surface area contributed by atoms with E-state index >= 15 is 0 Å². The molecule has 2 aromatic carbocycles. The lowest BCUT2D eigenvalue weighted by atomic mass is 9.99. The van der Waals surface area contributed by atoms with E-state index in [-0.39, 0.29) is 29.3 Å². The molecule has 6 nitrogen and oxygen atoms in total. The second kappa shape index (κ2) is 8.51. The number of amides is 1. The second-order valence-corrected chi connectivity index (χ2v) is 9.04. The summed E-state index contributed by atoms with van der Waals surface area (Å²) in [5.41, 5.74) is 9.04. The van der Waals surface area contributed by atoms with Gasteiger partial charge in [-0.15, -0.1) is 12.4 Å². The van der Waals surface area contributed by atoms with E-state index < -0.39 is 10.0 Å². The number of benzene rings is 2. The van der Waals surface area contributed by atoms with Crippen molar-refractivity contribution in [2.75, 3.05) is 24.2 Å². The predicted octanol–water partition coefficient (Wildman–Crippen LogP) is 3.31. The first-order chi connectivity index (χ1) is 12.7. The largest absolute Gasteiger partial charge is 0.398 e. The monoisotopic (exact) mass is 423 g/mol. The second-order valence-electron chi connectivity index (χ2n) is 7.04. The molecular formula is C20H26ClN3O3S. The van der Waals surface area contributed by atoms with Gasteiger partial charge in [-0.05, 0) is 68.7 Å². The van der Waals surface area contributed by atoms with E-state index in [1.807, 2.05) is 32.0 Å². The molecule has 0 radical (unpaired) electrons.